The molecule has 4 rings (SSSR count). The van der Waals surface area contributed by atoms with Crippen LogP contribution in [0.15, 0.2) is 73.3 Å². The minimum Gasteiger partial charge on any atom is -0.368 e. The van der Waals surface area contributed by atoms with Gasteiger partial charge in [-0.25, -0.2) is 14.8 Å². The SMILES string of the molecule is CC(=O)N[C@@H](Cc1cnc[nH]1)C(=O)N[C@H](Cc1ccccc1)C(=O)NN(CCCN)C(=O)N[C@@H](Cc1c[nH]c2ccccc12)C(N)=O. The number of rotatable bonds is 15. The van der Waals surface area contributed by atoms with Gasteiger partial charge in [0.15, 0.2) is 0 Å². The molecule has 0 aliphatic heterocycles. The number of nitrogens with two attached hydrogens (primary N) is 2. The Morgan fingerprint density at radius 1 is 0.851 bits per heavy atom. The lowest BCUT2D eigenvalue weighted by molar-refractivity contribution is -0.133. The van der Waals surface area contributed by atoms with Crippen LogP contribution in [0.2, 0.25) is 0 Å². The zero-order chi connectivity index (χ0) is 33.8. The van der Waals surface area contributed by atoms with Crippen LogP contribution in [0.5, 0.6) is 0 Å². The van der Waals surface area contributed by atoms with E-state index in [9.17, 15) is 24.0 Å². The van der Waals surface area contributed by atoms with E-state index in [1.807, 2.05) is 30.3 Å². The highest BCUT2D eigenvalue weighted by molar-refractivity contribution is 5.93. The Morgan fingerprint density at radius 3 is 2.26 bits per heavy atom. The van der Waals surface area contributed by atoms with E-state index in [-0.39, 0.29) is 32.4 Å². The van der Waals surface area contributed by atoms with Crippen molar-refractivity contribution < 1.29 is 24.0 Å². The van der Waals surface area contributed by atoms with Crippen LogP contribution in [0, 0.1) is 0 Å². The Kier molecular flexibility index (Phi) is 12.0. The summed E-state index contributed by atoms with van der Waals surface area (Å²) in [5.41, 5.74) is 17.0. The zero-order valence-corrected chi connectivity index (χ0v) is 26.0. The first-order valence-electron chi connectivity index (χ1n) is 15.2. The van der Waals surface area contributed by atoms with Gasteiger partial charge in [0, 0.05) is 61.7 Å². The minimum absolute atomic E-state index is 0.00693. The van der Waals surface area contributed by atoms with E-state index < -0.39 is 47.8 Å². The van der Waals surface area contributed by atoms with Gasteiger partial charge in [0.2, 0.25) is 17.7 Å². The number of amides is 6. The second-order valence-corrected chi connectivity index (χ2v) is 11.0. The van der Waals surface area contributed by atoms with Gasteiger partial charge in [0.1, 0.15) is 18.1 Å². The molecule has 10 N–H and O–H groups in total. The maximum absolute atomic E-state index is 13.8. The average molecular weight is 645 g/mol. The third-order valence-corrected chi connectivity index (χ3v) is 7.40. The Bertz CT molecular complexity index is 1660. The summed E-state index contributed by atoms with van der Waals surface area (Å²) in [5, 5.41) is 9.86. The molecule has 0 unspecified atom stereocenters. The molecule has 6 amide bonds. The third kappa shape index (κ3) is 9.89. The number of primary amides is 1. The zero-order valence-electron chi connectivity index (χ0n) is 26.0. The van der Waals surface area contributed by atoms with Crippen LogP contribution in [0.4, 0.5) is 4.79 Å². The van der Waals surface area contributed by atoms with Gasteiger partial charge in [-0.05, 0) is 30.2 Å². The van der Waals surface area contributed by atoms with Crippen LogP contribution < -0.4 is 32.8 Å². The summed E-state index contributed by atoms with van der Waals surface area (Å²) in [4.78, 5) is 75.1. The van der Waals surface area contributed by atoms with Crippen molar-refractivity contribution in [2.45, 2.75) is 50.7 Å². The van der Waals surface area contributed by atoms with Crippen LogP contribution in [-0.4, -0.2) is 80.8 Å². The van der Waals surface area contributed by atoms with E-state index in [2.05, 4.69) is 36.3 Å². The van der Waals surface area contributed by atoms with Crippen LogP contribution in [0.3, 0.4) is 0 Å². The van der Waals surface area contributed by atoms with Crippen molar-refractivity contribution in [2.24, 2.45) is 11.5 Å². The number of carbonyl (C=O) groups excluding carboxylic acids is 5. The number of urea groups is 1. The van der Waals surface area contributed by atoms with E-state index >= 15 is 0 Å². The molecule has 2 aromatic heterocycles. The summed E-state index contributed by atoms with van der Waals surface area (Å²) < 4.78 is 0. The first kappa shape index (κ1) is 34.2. The quantitative estimate of drug-likeness (QED) is 0.0834. The Balaban J connectivity index is 1.52. The van der Waals surface area contributed by atoms with Crippen molar-refractivity contribution in [1.29, 1.82) is 0 Å². The fraction of sp³-hybridized carbons (Fsp3) is 0.312. The van der Waals surface area contributed by atoms with E-state index in [0.717, 1.165) is 27.0 Å². The Hall–Kier alpha value is -5.70. The number of nitrogens with one attached hydrogen (secondary N) is 6. The van der Waals surface area contributed by atoms with Gasteiger partial charge < -0.3 is 37.4 Å². The molecule has 15 heteroatoms. The summed E-state index contributed by atoms with van der Waals surface area (Å²) >= 11 is 0. The number of para-hydroxylation sites is 1. The van der Waals surface area contributed by atoms with Crippen molar-refractivity contribution in [1.82, 2.24) is 41.3 Å². The van der Waals surface area contributed by atoms with Gasteiger partial charge in [0.25, 0.3) is 5.91 Å². The molecule has 4 aromatic rings. The Labute approximate surface area is 271 Å². The number of nitrogens with zero attached hydrogens (tertiary/aromatic N) is 2. The highest BCUT2D eigenvalue weighted by Gasteiger charge is 2.30. The third-order valence-electron chi connectivity index (χ3n) is 7.40. The van der Waals surface area contributed by atoms with Crippen molar-refractivity contribution in [3.63, 3.8) is 0 Å². The molecule has 0 aliphatic carbocycles. The van der Waals surface area contributed by atoms with Crippen LogP contribution in [-0.2, 0) is 38.4 Å². The molecule has 0 spiro atoms. The lowest BCUT2D eigenvalue weighted by Crippen LogP contribution is -2.60. The maximum atomic E-state index is 13.8. The minimum atomic E-state index is -1.16. The maximum Gasteiger partial charge on any atom is 0.336 e. The number of hydrogen-bond acceptors (Lipinski definition) is 7. The van der Waals surface area contributed by atoms with Gasteiger partial charge >= 0.3 is 6.03 Å². The molecule has 2 heterocycles. The van der Waals surface area contributed by atoms with Gasteiger partial charge in [-0.3, -0.25) is 24.6 Å². The lowest BCUT2D eigenvalue weighted by Gasteiger charge is -2.29. The number of hydrazine groups is 1. The molecule has 0 fully saturated rings. The summed E-state index contributed by atoms with van der Waals surface area (Å²) in [5.74, 6) is -2.51. The second kappa shape index (κ2) is 16.6. The number of carbonyl (C=O) groups is 5. The second-order valence-electron chi connectivity index (χ2n) is 11.0. The van der Waals surface area contributed by atoms with Gasteiger partial charge in [-0.1, -0.05) is 48.5 Å². The molecule has 0 radical (unpaired) electrons. The highest BCUT2D eigenvalue weighted by Crippen LogP contribution is 2.19. The first-order chi connectivity index (χ1) is 22.6. The van der Waals surface area contributed by atoms with Crippen LogP contribution in [0.1, 0.15) is 30.2 Å². The standard InChI is InChI=1S/C32H40N10O5/c1-20(43)38-28(16-23-18-35-19-37-23)30(45)39-27(14-21-8-3-2-4-9-21)31(46)41-42(13-7-12-33)32(47)40-26(29(34)44)15-22-17-36-25-11-6-5-10-24(22)25/h2-6,8-11,17-19,26-28,36H,7,12-16,33H2,1H3,(H2,34,44)(H,35,37)(H,38,43)(H,39,45)(H,40,47)(H,41,46)/t26-,27+,28-/m0/s1. The highest BCUT2D eigenvalue weighted by atomic mass is 16.2. The average Bonchev–Trinajstić information content (AvgIpc) is 3.72. The van der Waals surface area contributed by atoms with Crippen molar-refractivity contribution in [3.8, 4) is 0 Å². The molecule has 0 saturated heterocycles. The van der Waals surface area contributed by atoms with E-state index in [4.69, 9.17) is 11.5 Å². The molecule has 3 atom stereocenters. The lowest BCUT2D eigenvalue weighted by atomic mass is 10.0. The summed E-state index contributed by atoms with van der Waals surface area (Å²) in [6.45, 7) is 1.50. The molecule has 0 bridgehead atoms. The molecule has 248 valence electrons. The van der Waals surface area contributed by atoms with Crippen LogP contribution >= 0.6 is 0 Å². The monoisotopic (exact) mass is 644 g/mol. The number of aromatic amines is 2. The molecular weight excluding hydrogens is 604 g/mol. The molecular formula is C32H40N10O5. The number of H-pyrrole nitrogens is 2. The number of aromatic nitrogens is 3. The van der Waals surface area contributed by atoms with Crippen molar-refractivity contribution in [2.75, 3.05) is 13.1 Å². The van der Waals surface area contributed by atoms with E-state index in [1.165, 1.54) is 19.4 Å². The first-order valence-corrected chi connectivity index (χ1v) is 15.2. The normalized spacial score (nSPS) is 12.8. The number of hydrogen-bond donors (Lipinski definition) is 8. The van der Waals surface area contributed by atoms with Crippen molar-refractivity contribution >= 4 is 40.6 Å². The van der Waals surface area contributed by atoms with Gasteiger partial charge in [0.05, 0.1) is 6.33 Å². The number of fused-ring (bicyclic) bond motifs is 1. The molecule has 47 heavy (non-hydrogen) atoms. The van der Waals surface area contributed by atoms with Gasteiger partial charge in [-0.15, -0.1) is 0 Å². The summed E-state index contributed by atoms with van der Waals surface area (Å²) in [6.07, 6.45) is 5.33. The van der Waals surface area contributed by atoms with Gasteiger partial charge in [-0.2, -0.15) is 0 Å². The number of benzene rings is 2. The molecule has 15 nitrogen and oxygen atoms in total. The predicted octanol–water partition coefficient (Wildman–Crippen LogP) is 0.154. The molecule has 0 aliphatic rings. The fourth-order valence-corrected chi connectivity index (χ4v) is 5.04. The smallest absolute Gasteiger partial charge is 0.336 e. The van der Waals surface area contributed by atoms with Crippen molar-refractivity contribution in [3.05, 3.63) is 90.1 Å². The largest absolute Gasteiger partial charge is 0.368 e. The summed E-state index contributed by atoms with van der Waals surface area (Å²) in [7, 11) is 0. The molecule has 0 saturated carbocycles. The predicted molar refractivity (Wildman–Crippen MR) is 174 cm³/mol. The van der Waals surface area contributed by atoms with Crippen LogP contribution in [0.25, 0.3) is 10.9 Å². The van der Waals surface area contributed by atoms with E-state index in [0.29, 0.717) is 12.1 Å². The topological polar surface area (TPSA) is 233 Å². The Morgan fingerprint density at radius 2 is 1.57 bits per heavy atom. The molecule has 2 aromatic carbocycles. The fourth-order valence-electron chi connectivity index (χ4n) is 5.04. The number of imidazole rings is 1. The summed E-state index contributed by atoms with van der Waals surface area (Å²) in [6, 6.07) is 12.5. The van der Waals surface area contributed by atoms with E-state index in [1.54, 1.807) is 30.5 Å².